The van der Waals surface area contributed by atoms with Gasteiger partial charge in [-0.15, -0.1) is 0 Å². The number of fused-ring (bicyclic) bond motifs is 4. The van der Waals surface area contributed by atoms with Crippen LogP contribution in [0.5, 0.6) is 0 Å². The summed E-state index contributed by atoms with van der Waals surface area (Å²) in [7, 11) is 2.19. The highest BCUT2D eigenvalue weighted by atomic mass is 15.1. The molecule has 0 aliphatic carbocycles. The second-order valence-electron chi connectivity index (χ2n) is 7.45. The van der Waals surface area contributed by atoms with Crippen molar-refractivity contribution in [3.8, 4) is 11.4 Å². The molecule has 1 aliphatic rings. The van der Waals surface area contributed by atoms with Gasteiger partial charge in [-0.25, -0.2) is 4.98 Å². The Labute approximate surface area is 158 Å². The smallest absolute Gasteiger partial charge is 0.139 e. The molecule has 5 heteroatoms. The van der Waals surface area contributed by atoms with Gasteiger partial charge in [-0.2, -0.15) is 0 Å². The zero-order valence-electron chi connectivity index (χ0n) is 15.7. The van der Waals surface area contributed by atoms with E-state index in [0.717, 1.165) is 55.9 Å². The number of nitrogens with one attached hydrogen (secondary N) is 1. The zero-order chi connectivity index (χ0) is 18.4. The minimum atomic E-state index is 0.753. The van der Waals surface area contributed by atoms with Crippen molar-refractivity contribution in [2.45, 2.75) is 19.4 Å². The highest BCUT2D eigenvalue weighted by Gasteiger charge is 2.25. The van der Waals surface area contributed by atoms with Crippen molar-refractivity contribution < 1.29 is 0 Å². The van der Waals surface area contributed by atoms with Gasteiger partial charge in [-0.3, -0.25) is 4.90 Å². The van der Waals surface area contributed by atoms with E-state index in [0.29, 0.717) is 0 Å². The topological polar surface area (TPSA) is 62.9 Å². The van der Waals surface area contributed by atoms with E-state index >= 15 is 0 Å². The third-order valence-corrected chi connectivity index (χ3v) is 5.83. The van der Waals surface area contributed by atoms with Crippen LogP contribution in [0.15, 0.2) is 42.5 Å². The number of aromatic nitrogens is 3. The molecular formula is C22H25N5. The maximum Gasteiger partial charge on any atom is 0.139 e. The Bertz CT molecular complexity index is 1090. The third kappa shape index (κ3) is 2.66. The molecule has 3 heterocycles. The highest BCUT2D eigenvalue weighted by molar-refractivity contribution is 5.99. The average molecular weight is 359 g/mol. The quantitative estimate of drug-likeness (QED) is 0.587. The number of para-hydroxylation sites is 2. The van der Waals surface area contributed by atoms with Crippen molar-refractivity contribution in [1.29, 1.82) is 0 Å². The van der Waals surface area contributed by atoms with Crippen LogP contribution < -0.4 is 5.73 Å². The van der Waals surface area contributed by atoms with Crippen molar-refractivity contribution in [2.24, 2.45) is 12.8 Å². The first-order valence-electron chi connectivity index (χ1n) is 9.73. The molecule has 5 rings (SSSR count). The van der Waals surface area contributed by atoms with Crippen molar-refractivity contribution >= 4 is 21.9 Å². The summed E-state index contributed by atoms with van der Waals surface area (Å²) in [6, 6.07) is 14.8. The molecule has 27 heavy (non-hydrogen) atoms. The predicted molar refractivity (Wildman–Crippen MR) is 111 cm³/mol. The van der Waals surface area contributed by atoms with Crippen LogP contribution >= 0.6 is 0 Å². The minimum absolute atomic E-state index is 0.753. The number of hydrogen-bond donors (Lipinski definition) is 2. The van der Waals surface area contributed by atoms with Gasteiger partial charge in [0.05, 0.1) is 11.0 Å². The molecular weight excluding hydrogens is 334 g/mol. The number of aryl methyl sites for hydroxylation is 1. The molecule has 2 aromatic heterocycles. The lowest BCUT2D eigenvalue weighted by atomic mass is 10.00. The first kappa shape index (κ1) is 16.5. The fraction of sp³-hybridized carbons (Fsp3) is 0.318. The molecule has 1 aliphatic heterocycles. The van der Waals surface area contributed by atoms with Crippen LogP contribution in [-0.4, -0.2) is 39.1 Å². The summed E-state index contributed by atoms with van der Waals surface area (Å²) in [4.78, 5) is 10.9. The fourth-order valence-electron chi connectivity index (χ4n) is 4.47. The molecule has 0 spiro atoms. The zero-order valence-corrected chi connectivity index (χ0v) is 15.7. The van der Waals surface area contributed by atoms with E-state index in [1.54, 1.807) is 0 Å². The molecule has 3 N–H and O–H groups in total. The van der Waals surface area contributed by atoms with Crippen LogP contribution in [0, 0.1) is 0 Å². The molecule has 0 bridgehead atoms. The van der Waals surface area contributed by atoms with Gasteiger partial charge >= 0.3 is 0 Å². The number of H-pyrrole nitrogens is 1. The van der Waals surface area contributed by atoms with E-state index in [9.17, 15) is 0 Å². The van der Waals surface area contributed by atoms with E-state index < -0.39 is 0 Å². The largest absolute Gasteiger partial charge is 0.347 e. The van der Waals surface area contributed by atoms with Gasteiger partial charge < -0.3 is 15.3 Å². The van der Waals surface area contributed by atoms with Crippen molar-refractivity contribution in [3.63, 3.8) is 0 Å². The first-order chi connectivity index (χ1) is 13.3. The van der Waals surface area contributed by atoms with Crippen LogP contribution in [0.1, 0.15) is 17.7 Å². The standard InChI is InChI=1S/C22H25N5/c1-26-19-10-13-27(12-5-11-23)14-16(19)21-15(6-4-9-20(21)26)22-24-17-7-2-3-8-18(17)25-22/h2-4,6-9H,5,10-14,23H2,1H3,(H,24,25). The van der Waals surface area contributed by atoms with Crippen LogP contribution in [0.25, 0.3) is 33.3 Å². The maximum atomic E-state index is 5.73. The number of nitrogens with two attached hydrogens (primary N) is 1. The monoisotopic (exact) mass is 359 g/mol. The molecule has 0 saturated heterocycles. The number of benzene rings is 2. The molecule has 0 fully saturated rings. The summed E-state index contributed by atoms with van der Waals surface area (Å²) in [6.45, 7) is 3.92. The molecule has 2 aromatic carbocycles. The van der Waals surface area contributed by atoms with Gasteiger partial charge in [0.15, 0.2) is 0 Å². The lowest BCUT2D eigenvalue weighted by Gasteiger charge is -2.27. The van der Waals surface area contributed by atoms with Crippen molar-refractivity contribution in [3.05, 3.63) is 53.7 Å². The fourth-order valence-corrected chi connectivity index (χ4v) is 4.47. The summed E-state index contributed by atoms with van der Waals surface area (Å²) in [5.41, 5.74) is 13.2. The van der Waals surface area contributed by atoms with Gasteiger partial charge in [0, 0.05) is 48.7 Å². The van der Waals surface area contributed by atoms with Gasteiger partial charge in [-0.1, -0.05) is 24.3 Å². The van der Waals surface area contributed by atoms with Crippen molar-refractivity contribution in [2.75, 3.05) is 19.6 Å². The van der Waals surface area contributed by atoms with Gasteiger partial charge in [0.1, 0.15) is 5.82 Å². The number of nitrogens with zero attached hydrogens (tertiary/aromatic N) is 3. The Morgan fingerprint density at radius 2 is 2.04 bits per heavy atom. The molecule has 0 saturated carbocycles. The first-order valence-corrected chi connectivity index (χ1v) is 9.73. The number of aromatic amines is 1. The van der Waals surface area contributed by atoms with Gasteiger partial charge in [0.2, 0.25) is 0 Å². The van der Waals surface area contributed by atoms with Gasteiger partial charge in [-0.05, 0) is 43.3 Å². The van der Waals surface area contributed by atoms with Crippen LogP contribution in [0.3, 0.4) is 0 Å². The Morgan fingerprint density at radius 3 is 2.89 bits per heavy atom. The van der Waals surface area contributed by atoms with Crippen LogP contribution in [-0.2, 0) is 20.0 Å². The minimum Gasteiger partial charge on any atom is -0.347 e. The molecule has 0 amide bonds. The van der Waals surface area contributed by atoms with E-state index in [1.807, 2.05) is 12.1 Å². The summed E-state index contributed by atoms with van der Waals surface area (Å²) < 4.78 is 2.37. The summed E-state index contributed by atoms with van der Waals surface area (Å²) in [6.07, 6.45) is 2.14. The maximum absolute atomic E-state index is 5.73. The number of hydrogen-bond acceptors (Lipinski definition) is 3. The van der Waals surface area contributed by atoms with Gasteiger partial charge in [0.25, 0.3) is 0 Å². The molecule has 0 unspecified atom stereocenters. The molecule has 138 valence electrons. The van der Waals surface area contributed by atoms with Crippen LogP contribution in [0.4, 0.5) is 0 Å². The average Bonchev–Trinajstić information content (AvgIpc) is 3.26. The second-order valence-corrected chi connectivity index (χ2v) is 7.45. The summed E-state index contributed by atoms with van der Waals surface area (Å²) in [5.74, 6) is 0.953. The number of rotatable bonds is 4. The van der Waals surface area contributed by atoms with Crippen LogP contribution in [0.2, 0.25) is 0 Å². The molecule has 5 nitrogen and oxygen atoms in total. The van der Waals surface area contributed by atoms with Crippen molar-refractivity contribution in [1.82, 2.24) is 19.4 Å². The third-order valence-electron chi connectivity index (χ3n) is 5.83. The molecule has 0 atom stereocenters. The molecule has 0 radical (unpaired) electrons. The highest BCUT2D eigenvalue weighted by Crippen LogP contribution is 2.36. The van der Waals surface area contributed by atoms with E-state index in [1.165, 1.54) is 27.7 Å². The Balaban J connectivity index is 1.68. The van der Waals surface area contributed by atoms with E-state index in [4.69, 9.17) is 10.7 Å². The SMILES string of the molecule is Cn1c2c(c3c(-c4nc5ccccc5[nH]4)cccc31)CN(CCCN)CC2. The Morgan fingerprint density at radius 1 is 1.15 bits per heavy atom. The lowest BCUT2D eigenvalue weighted by Crippen LogP contribution is -2.32. The molecule has 4 aromatic rings. The number of imidazole rings is 1. The van der Waals surface area contributed by atoms with E-state index in [2.05, 4.69) is 51.8 Å². The van der Waals surface area contributed by atoms with E-state index in [-0.39, 0.29) is 0 Å². The second kappa shape index (κ2) is 6.51. The normalized spacial score (nSPS) is 14.9. The Kier molecular flexibility index (Phi) is 3.99. The lowest BCUT2D eigenvalue weighted by molar-refractivity contribution is 0.251. The Hall–Kier alpha value is -2.63. The summed E-state index contributed by atoms with van der Waals surface area (Å²) >= 11 is 0. The predicted octanol–water partition coefficient (Wildman–Crippen LogP) is 3.43. The summed E-state index contributed by atoms with van der Waals surface area (Å²) in [5, 5.41) is 1.34.